The molecule has 2 aromatic carbocycles. The van der Waals surface area contributed by atoms with Crippen LogP contribution in [0, 0.1) is 6.92 Å². The monoisotopic (exact) mass is 475 g/mol. The quantitative estimate of drug-likeness (QED) is 0.366. The van der Waals surface area contributed by atoms with Crippen LogP contribution in [0.1, 0.15) is 45.7 Å². The van der Waals surface area contributed by atoms with Crippen molar-refractivity contribution >= 4 is 40.1 Å². The molecule has 0 saturated carbocycles. The molecule has 3 heterocycles. The lowest BCUT2D eigenvalue weighted by Crippen LogP contribution is -2.18. The van der Waals surface area contributed by atoms with Crippen molar-refractivity contribution in [1.29, 1.82) is 0 Å². The molecule has 1 aliphatic rings. The van der Waals surface area contributed by atoms with E-state index in [4.69, 9.17) is 16.0 Å². The van der Waals surface area contributed by atoms with E-state index < -0.39 is 5.97 Å². The highest BCUT2D eigenvalue weighted by molar-refractivity contribution is 6.29. The molecular weight excluding hydrogens is 454 g/mol. The fourth-order valence-corrected chi connectivity index (χ4v) is 4.56. The van der Waals surface area contributed by atoms with Gasteiger partial charge < -0.3 is 19.7 Å². The maximum atomic E-state index is 13.1. The third-order valence-corrected chi connectivity index (χ3v) is 6.25. The summed E-state index contributed by atoms with van der Waals surface area (Å²) in [4.78, 5) is 30.7. The fourth-order valence-electron chi connectivity index (χ4n) is 4.41. The number of hydrogen-bond acceptors (Lipinski definition) is 6. The lowest BCUT2D eigenvalue weighted by Gasteiger charge is -2.21. The van der Waals surface area contributed by atoms with Gasteiger partial charge in [0.2, 0.25) is 5.88 Å². The Hall–Kier alpha value is -3.84. The molecule has 0 bridgehead atoms. The molecule has 2 N–H and O–H groups in total. The molecule has 0 spiro atoms. The zero-order chi connectivity index (χ0) is 24.0. The van der Waals surface area contributed by atoms with Crippen LogP contribution < -0.4 is 15.6 Å². The highest BCUT2D eigenvalue weighted by Crippen LogP contribution is 2.33. The van der Waals surface area contributed by atoms with Crippen LogP contribution in [-0.4, -0.2) is 16.1 Å². The summed E-state index contributed by atoms with van der Waals surface area (Å²) in [6, 6.07) is 16.2. The first kappa shape index (κ1) is 22.0. The van der Waals surface area contributed by atoms with Gasteiger partial charge in [0.15, 0.2) is 11.1 Å². The Kier molecular flexibility index (Phi) is 5.49. The number of carboxylic acid groups (broad SMARTS) is 1. The van der Waals surface area contributed by atoms with Gasteiger partial charge in [-0.3, -0.25) is 4.79 Å². The van der Waals surface area contributed by atoms with Gasteiger partial charge in [-0.15, -0.1) is 0 Å². The van der Waals surface area contributed by atoms with E-state index in [1.807, 2.05) is 43.0 Å². The fraction of sp³-hybridized carbons (Fsp3) is 0.192. The Morgan fingerprint density at radius 2 is 1.85 bits per heavy atom. The minimum Gasteiger partial charge on any atom is -0.476 e. The topological polar surface area (TPSA) is 95.7 Å². The number of rotatable bonds is 5. The molecule has 0 fully saturated rings. The van der Waals surface area contributed by atoms with Gasteiger partial charge >= 0.3 is 5.97 Å². The number of anilines is 2. The molecule has 0 saturated heterocycles. The first-order valence-electron chi connectivity index (χ1n) is 10.9. The smallest absolute Gasteiger partial charge is 0.356 e. The summed E-state index contributed by atoms with van der Waals surface area (Å²) in [6.45, 7) is 5.12. The summed E-state index contributed by atoms with van der Waals surface area (Å²) in [5.74, 6) is -0.681. The number of halogens is 1. The van der Waals surface area contributed by atoms with Crippen LogP contribution in [0.15, 0.2) is 63.8 Å². The van der Waals surface area contributed by atoms with Gasteiger partial charge in [-0.1, -0.05) is 41.9 Å². The number of hydrogen-bond donors (Lipinski definition) is 2. The molecule has 1 atom stereocenters. The van der Waals surface area contributed by atoms with Crippen molar-refractivity contribution in [2.24, 2.45) is 0 Å². The number of nitrogens with one attached hydrogen (secondary N) is 1. The molecule has 5 rings (SSSR count). The third kappa shape index (κ3) is 3.99. The number of aryl methyl sites for hydroxylation is 1. The van der Waals surface area contributed by atoms with Crippen LogP contribution in [0.3, 0.4) is 0 Å². The van der Waals surface area contributed by atoms with Crippen molar-refractivity contribution in [3.63, 3.8) is 0 Å². The third-order valence-electron chi connectivity index (χ3n) is 6.04. The van der Waals surface area contributed by atoms with Crippen molar-refractivity contribution in [2.75, 3.05) is 10.2 Å². The Bertz CT molecular complexity index is 1470. The van der Waals surface area contributed by atoms with Gasteiger partial charge in [0.25, 0.3) is 0 Å². The number of benzene rings is 2. The maximum absolute atomic E-state index is 13.1. The number of aromatic carboxylic acids is 1. The average molecular weight is 476 g/mol. The van der Waals surface area contributed by atoms with Gasteiger partial charge in [0, 0.05) is 24.7 Å². The van der Waals surface area contributed by atoms with Crippen molar-refractivity contribution < 1.29 is 14.3 Å². The molecule has 1 aliphatic heterocycles. The van der Waals surface area contributed by atoms with E-state index in [1.54, 1.807) is 12.1 Å². The van der Waals surface area contributed by atoms with E-state index in [1.165, 1.54) is 17.2 Å². The Balaban J connectivity index is 1.56. The Morgan fingerprint density at radius 3 is 2.53 bits per heavy atom. The van der Waals surface area contributed by atoms with Gasteiger partial charge in [-0.25, -0.2) is 9.78 Å². The van der Waals surface area contributed by atoms with E-state index in [2.05, 4.69) is 22.4 Å². The summed E-state index contributed by atoms with van der Waals surface area (Å²) >= 11 is 5.89. The van der Waals surface area contributed by atoms with E-state index >= 15 is 0 Å². The zero-order valence-electron chi connectivity index (χ0n) is 18.6. The van der Waals surface area contributed by atoms with E-state index in [9.17, 15) is 14.7 Å². The second-order valence-electron chi connectivity index (χ2n) is 8.51. The molecule has 34 heavy (non-hydrogen) atoms. The first-order chi connectivity index (χ1) is 16.3. The maximum Gasteiger partial charge on any atom is 0.356 e. The van der Waals surface area contributed by atoms with Crippen molar-refractivity contribution in [3.8, 4) is 0 Å². The highest BCUT2D eigenvalue weighted by atomic mass is 35.5. The van der Waals surface area contributed by atoms with Crippen molar-refractivity contribution in [3.05, 3.63) is 97.9 Å². The minimum absolute atomic E-state index is 0.0962. The Labute approximate surface area is 200 Å². The largest absolute Gasteiger partial charge is 0.476 e. The van der Waals surface area contributed by atoms with Crippen LogP contribution in [0.4, 0.5) is 11.6 Å². The summed E-state index contributed by atoms with van der Waals surface area (Å²) in [7, 11) is 0. The van der Waals surface area contributed by atoms with Gasteiger partial charge in [-0.2, -0.15) is 0 Å². The summed E-state index contributed by atoms with van der Waals surface area (Å²) in [5.41, 5.74) is 4.57. The van der Waals surface area contributed by atoms with Crippen molar-refractivity contribution in [2.45, 2.75) is 33.0 Å². The van der Waals surface area contributed by atoms with Crippen LogP contribution in [0.25, 0.3) is 11.0 Å². The number of pyridine rings is 1. The SMILES string of the molecule is Cc1cc([C@@H](C)Nc2ccc(Cl)nc2C(=O)O)c2oc(N3Cc4ccccc4C3)cc(=O)c2c1. The summed E-state index contributed by atoms with van der Waals surface area (Å²) in [5, 5.41) is 13.3. The molecule has 2 aromatic heterocycles. The second kappa shape index (κ2) is 8.50. The standard InChI is InChI=1S/C26H22ClN3O4/c1-14-9-18(15(2)28-20-7-8-22(27)29-24(20)26(32)33)25-19(10-14)21(31)11-23(34-25)30-12-16-5-3-4-6-17(16)13-30/h3-11,15,28H,12-13H2,1-2H3,(H,32,33)/t15-/m1/s1. The van der Waals surface area contributed by atoms with Gasteiger partial charge in [0.05, 0.1) is 17.1 Å². The number of fused-ring (bicyclic) bond motifs is 2. The molecule has 8 heteroatoms. The summed E-state index contributed by atoms with van der Waals surface area (Å²) < 4.78 is 6.33. The summed E-state index contributed by atoms with van der Waals surface area (Å²) in [6.07, 6.45) is 0. The van der Waals surface area contributed by atoms with E-state index in [0.29, 0.717) is 35.6 Å². The molecule has 7 nitrogen and oxygen atoms in total. The van der Waals surface area contributed by atoms with Crippen LogP contribution >= 0.6 is 11.6 Å². The molecule has 0 aliphatic carbocycles. The van der Waals surface area contributed by atoms with Gasteiger partial charge in [0.1, 0.15) is 10.7 Å². The molecule has 0 amide bonds. The average Bonchev–Trinajstić information content (AvgIpc) is 3.24. The number of nitrogens with zero attached hydrogens (tertiary/aromatic N) is 2. The molecule has 0 unspecified atom stereocenters. The Morgan fingerprint density at radius 1 is 1.15 bits per heavy atom. The first-order valence-corrected chi connectivity index (χ1v) is 11.2. The minimum atomic E-state index is -1.19. The predicted octanol–water partition coefficient (Wildman–Crippen LogP) is 5.54. The van der Waals surface area contributed by atoms with E-state index in [0.717, 1.165) is 11.1 Å². The number of carbonyl (C=O) groups is 1. The van der Waals surface area contributed by atoms with Crippen molar-refractivity contribution in [1.82, 2.24) is 4.98 Å². The van der Waals surface area contributed by atoms with Gasteiger partial charge in [-0.05, 0) is 48.7 Å². The molecular formula is C26H22ClN3O4. The molecule has 0 radical (unpaired) electrons. The molecule has 4 aromatic rings. The second-order valence-corrected chi connectivity index (χ2v) is 8.89. The normalized spacial score (nSPS) is 13.7. The lowest BCUT2D eigenvalue weighted by atomic mass is 10.0. The lowest BCUT2D eigenvalue weighted by molar-refractivity contribution is 0.0691. The number of carboxylic acids is 1. The predicted molar refractivity (Wildman–Crippen MR) is 132 cm³/mol. The highest BCUT2D eigenvalue weighted by Gasteiger charge is 2.23. The number of aromatic nitrogens is 1. The van der Waals surface area contributed by atoms with Crippen LogP contribution in [0.5, 0.6) is 0 Å². The van der Waals surface area contributed by atoms with Crippen LogP contribution in [0.2, 0.25) is 5.15 Å². The zero-order valence-corrected chi connectivity index (χ0v) is 19.4. The van der Waals surface area contributed by atoms with Crippen LogP contribution in [-0.2, 0) is 13.1 Å². The van der Waals surface area contributed by atoms with E-state index in [-0.39, 0.29) is 22.3 Å². The molecule has 172 valence electrons.